The van der Waals surface area contributed by atoms with Gasteiger partial charge in [0, 0.05) is 6.54 Å². The van der Waals surface area contributed by atoms with Crippen LogP contribution in [0.4, 0.5) is 0 Å². The summed E-state index contributed by atoms with van der Waals surface area (Å²) in [6.07, 6.45) is 1.96. The molecule has 1 amide bonds. The van der Waals surface area contributed by atoms with Gasteiger partial charge in [0.1, 0.15) is 10.1 Å². The van der Waals surface area contributed by atoms with Gasteiger partial charge in [-0.15, -0.1) is 0 Å². The fraction of sp³-hybridized carbons (Fsp3) is 0.474. The van der Waals surface area contributed by atoms with E-state index < -0.39 is 0 Å². The second kappa shape index (κ2) is 7.70. The Morgan fingerprint density at radius 2 is 1.96 bits per heavy atom. The second-order valence-electron chi connectivity index (χ2n) is 6.79. The summed E-state index contributed by atoms with van der Waals surface area (Å²) in [5, 5.41) is 0. The molecule has 0 spiro atoms. The number of carbonyl (C=O) groups excluding carboxylic acids is 1. The topological polar surface area (TPSA) is 29.5 Å². The quantitative estimate of drug-likeness (QED) is 0.545. The molecular weight excluding hydrogens is 338 g/mol. The predicted octanol–water partition coefficient (Wildman–Crippen LogP) is 4.98. The van der Waals surface area contributed by atoms with Crippen LogP contribution in [0, 0.1) is 12.8 Å². The summed E-state index contributed by atoms with van der Waals surface area (Å²) in [7, 11) is 1.69. The van der Waals surface area contributed by atoms with Gasteiger partial charge in [0.25, 0.3) is 5.91 Å². The van der Waals surface area contributed by atoms with E-state index in [0.29, 0.717) is 27.6 Å². The minimum absolute atomic E-state index is 0.0139. The molecule has 0 N–H and O–H groups in total. The Morgan fingerprint density at radius 1 is 1.29 bits per heavy atom. The molecule has 0 aromatic heterocycles. The maximum absolute atomic E-state index is 12.6. The summed E-state index contributed by atoms with van der Waals surface area (Å²) < 4.78 is 6.14. The van der Waals surface area contributed by atoms with Gasteiger partial charge in [-0.1, -0.05) is 51.7 Å². The number of nitrogens with zero attached hydrogens (tertiary/aromatic N) is 1. The molecule has 1 aromatic carbocycles. The Kier molecular flexibility index (Phi) is 6.10. The van der Waals surface area contributed by atoms with Crippen LogP contribution < -0.4 is 4.74 Å². The smallest absolute Gasteiger partial charge is 0.266 e. The van der Waals surface area contributed by atoms with Crippen molar-refractivity contribution in [1.29, 1.82) is 0 Å². The third-order valence-corrected chi connectivity index (χ3v) is 5.33. The Bertz CT molecular complexity index is 693. The van der Waals surface area contributed by atoms with E-state index in [0.717, 1.165) is 22.4 Å². The van der Waals surface area contributed by atoms with E-state index in [1.807, 2.05) is 19.1 Å². The number of thiocarbonyl (C=S) groups is 1. The summed E-state index contributed by atoms with van der Waals surface area (Å²) in [4.78, 5) is 15.0. The van der Waals surface area contributed by atoms with Crippen molar-refractivity contribution in [1.82, 2.24) is 4.90 Å². The average Bonchev–Trinajstić information content (AvgIpc) is 2.75. The first-order valence-corrected chi connectivity index (χ1v) is 9.41. The van der Waals surface area contributed by atoms with E-state index >= 15 is 0 Å². The molecule has 0 bridgehead atoms. The van der Waals surface area contributed by atoms with Crippen LogP contribution in [-0.2, 0) is 4.79 Å². The molecule has 0 aliphatic carbocycles. The molecule has 0 unspecified atom stereocenters. The van der Waals surface area contributed by atoms with Crippen molar-refractivity contribution in [2.45, 2.75) is 40.5 Å². The van der Waals surface area contributed by atoms with Gasteiger partial charge in [-0.25, -0.2) is 0 Å². The van der Waals surface area contributed by atoms with Gasteiger partial charge in [-0.3, -0.25) is 9.69 Å². The number of hydrogen-bond donors (Lipinski definition) is 0. The maximum Gasteiger partial charge on any atom is 0.266 e. The lowest BCUT2D eigenvalue weighted by atomic mass is 9.96. The fourth-order valence-electron chi connectivity index (χ4n) is 2.66. The van der Waals surface area contributed by atoms with Crippen LogP contribution in [0.3, 0.4) is 0 Å². The van der Waals surface area contributed by atoms with E-state index in [2.05, 4.69) is 33.8 Å². The number of hydrogen-bond acceptors (Lipinski definition) is 4. The van der Waals surface area contributed by atoms with Gasteiger partial charge < -0.3 is 4.74 Å². The molecular formula is C19H25NO2S2. The van der Waals surface area contributed by atoms with E-state index in [4.69, 9.17) is 17.0 Å². The first-order chi connectivity index (χ1) is 11.2. The number of rotatable bonds is 5. The SMILES string of the molecule is COc1cc(C)c(C=C2SC(=S)N(CC(C)C)C2=O)cc1C(C)C. The standard InChI is InChI=1S/C19H25NO2S2/c1-11(2)10-20-18(21)17(24-19(20)23)9-14-8-15(12(3)4)16(22-6)7-13(14)5/h7-9,11-12H,10H2,1-6H3. The number of thioether (sulfide) groups is 1. The fourth-order valence-corrected chi connectivity index (χ4v) is 3.93. The Labute approximate surface area is 154 Å². The zero-order valence-electron chi connectivity index (χ0n) is 15.2. The van der Waals surface area contributed by atoms with Crippen LogP contribution in [0.15, 0.2) is 17.0 Å². The lowest BCUT2D eigenvalue weighted by molar-refractivity contribution is -0.122. The van der Waals surface area contributed by atoms with Gasteiger partial charge in [0.2, 0.25) is 0 Å². The molecule has 1 aliphatic rings. The Hall–Kier alpha value is -1.33. The van der Waals surface area contributed by atoms with Crippen molar-refractivity contribution in [3.05, 3.63) is 33.7 Å². The van der Waals surface area contributed by atoms with Crippen LogP contribution in [-0.4, -0.2) is 28.8 Å². The van der Waals surface area contributed by atoms with Gasteiger partial charge in [-0.05, 0) is 53.7 Å². The zero-order chi connectivity index (χ0) is 18.0. The number of ether oxygens (including phenoxy) is 1. The minimum Gasteiger partial charge on any atom is -0.496 e. The third-order valence-electron chi connectivity index (χ3n) is 3.95. The number of aryl methyl sites for hydroxylation is 1. The molecule has 24 heavy (non-hydrogen) atoms. The Balaban J connectivity index is 2.39. The largest absolute Gasteiger partial charge is 0.496 e. The summed E-state index contributed by atoms with van der Waals surface area (Å²) in [5.74, 6) is 1.65. The van der Waals surface area contributed by atoms with E-state index in [1.165, 1.54) is 11.8 Å². The Morgan fingerprint density at radius 3 is 2.50 bits per heavy atom. The second-order valence-corrected chi connectivity index (χ2v) is 8.47. The van der Waals surface area contributed by atoms with Crippen LogP contribution in [0.1, 0.15) is 50.3 Å². The van der Waals surface area contributed by atoms with Crippen molar-refractivity contribution in [3.8, 4) is 5.75 Å². The van der Waals surface area contributed by atoms with Gasteiger partial charge >= 0.3 is 0 Å². The normalized spacial score (nSPS) is 16.8. The van der Waals surface area contributed by atoms with Crippen molar-refractivity contribution < 1.29 is 9.53 Å². The lowest BCUT2D eigenvalue weighted by Gasteiger charge is -2.16. The number of methoxy groups -OCH3 is 1. The molecule has 1 heterocycles. The summed E-state index contributed by atoms with van der Waals surface area (Å²) in [5.41, 5.74) is 3.28. The number of amides is 1. The lowest BCUT2D eigenvalue weighted by Crippen LogP contribution is -2.31. The molecule has 5 heteroatoms. The van der Waals surface area contributed by atoms with Gasteiger partial charge in [0.05, 0.1) is 12.0 Å². The third kappa shape index (κ3) is 4.01. The highest BCUT2D eigenvalue weighted by Gasteiger charge is 2.32. The molecule has 2 rings (SSSR count). The molecule has 0 saturated carbocycles. The highest BCUT2D eigenvalue weighted by molar-refractivity contribution is 8.26. The van der Waals surface area contributed by atoms with Crippen LogP contribution in [0.5, 0.6) is 5.75 Å². The summed E-state index contributed by atoms with van der Waals surface area (Å²) in [6, 6.07) is 4.16. The maximum atomic E-state index is 12.6. The highest BCUT2D eigenvalue weighted by atomic mass is 32.2. The molecule has 130 valence electrons. The van der Waals surface area contributed by atoms with Gasteiger partial charge in [-0.2, -0.15) is 0 Å². The first-order valence-electron chi connectivity index (χ1n) is 8.18. The molecule has 1 aliphatic heterocycles. The average molecular weight is 364 g/mol. The molecule has 1 fully saturated rings. The van der Waals surface area contributed by atoms with Crippen molar-refractivity contribution in [2.75, 3.05) is 13.7 Å². The van der Waals surface area contributed by atoms with Crippen LogP contribution in [0.25, 0.3) is 6.08 Å². The van der Waals surface area contributed by atoms with E-state index in [9.17, 15) is 4.79 Å². The van der Waals surface area contributed by atoms with Crippen LogP contribution in [0.2, 0.25) is 0 Å². The van der Waals surface area contributed by atoms with E-state index in [1.54, 1.807) is 12.0 Å². The molecule has 3 nitrogen and oxygen atoms in total. The predicted molar refractivity (Wildman–Crippen MR) is 107 cm³/mol. The highest BCUT2D eigenvalue weighted by Crippen LogP contribution is 2.35. The number of carbonyl (C=O) groups is 1. The van der Waals surface area contributed by atoms with Crippen molar-refractivity contribution in [3.63, 3.8) is 0 Å². The van der Waals surface area contributed by atoms with Gasteiger partial charge in [0.15, 0.2) is 0 Å². The van der Waals surface area contributed by atoms with E-state index in [-0.39, 0.29) is 5.91 Å². The van der Waals surface area contributed by atoms with Crippen molar-refractivity contribution >= 4 is 40.3 Å². The number of benzene rings is 1. The molecule has 0 atom stereocenters. The minimum atomic E-state index is 0.0139. The monoisotopic (exact) mass is 363 g/mol. The zero-order valence-corrected chi connectivity index (χ0v) is 16.8. The summed E-state index contributed by atoms with van der Waals surface area (Å²) in [6.45, 7) is 11.2. The molecule has 0 radical (unpaired) electrons. The molecule has 1 aromatic rings. The van der Waals surface area contributed by atoms with Crippen molar-refractivity contribution in [2.24, 2.45) is 5.92 Å². The molecule has 1 saturated heterocycles. The van der Waals surface area contributed by atoms with Crippen LogP contribution >= 0.6 is 24.0 Å². The first kappa shape index (κ1) is 19.0. The summed E-state index contributed by atoms with van der Waals surface area (Å²) >= 11 is 6.77.